The van der Waals surface area contributed by atoms with Crippen LogP contribution in [0, 0.1) is 6.92 Å². The number of nitrogens with zero attached hydrogens (tertiary/aromatic N) is 2. The zero-order chi connectivity index (χ0) is 24.3. The van der Waals surface area contributed by atoms with Crippen molar-refractivity contribution in [3.8, 4) is 0 Å². The summed E-state index contributed by atoms with van der Waals surface area (Å²) < 4.78 is 26.9. The van der Waals surface area contributed by atoms with Gasteiger partial charge < -0.3 is 15.1 Å². The smallest absolute Gasteiger partial charge is 0.264 e. The van der Waals surface area contributed by atoms with Crippen molar-refractivity contribution in [2.75, 3.05) is 26.2 Å². The fraction of sp³-hybridized carbons (Fsp3) is 0.261. The molecule has 11 heteroatoms. The minimum absolute atomic E-state index is 0.0468. The van der Waals surface area contributed by atoms with Gasteiger partial charge in [-0.05, 0) is 41.9 Å². The number of piperazine rings is 1. The van der Waals surface area contributed by atoms with E-state index in [1.807, 2.05) is 12.3 Å². The zero-order valence-electron chi connectivity index (χ0n) is 18.3. The van der Waals surface area contributed by atoms with E-state index in [0.717, 1.165) is 16.9 Å². The summed E-state index contributed by atoms with van der Waals surface area (Å²) >= 11 is 2.50. The number of amides is 3. The fourth-order valence-electron chi connectivity index (χ4n) is 3.59. The van der Waals surface area contributed by atoms with E-state index >= 15 is 0 Å². The first-order valence-electron chi connectivity index (χ1n) is 10.5. The molecule has 1 aliphatic heterocycles. The summed E-state index contributed by atoms with van der Waals surface area (Å²) in [5.74, 6) is -1.46. The molecule has 178 valence electrons. The third-order valence-corrected chi connectivity index (χ3v) is 9.10. The molecular formula is C23H23N3O5S3. The van der Waals surface area contributed by atoms with Crippen molar-refractivity contribution in [3.63, 3.8) is 0 Å². The molecule has 8 nitrogen and oxygen atoms in total. The van der Waals surface area contributed by atoms with E-state index in [0.29, 0.717) is 9.75 Å². The van der Waals surface area contributed by atoms with Gasteiger partial charge in [0.05, 0.1) is 14.6 Å². The van der Waals surface area contributed by atoms with Crippen LogP contribution >= 0.6 is 22.7 Å². The highest BCUT2D eigenvalue weighted by molar-refractivity contribution is 7.92. The van der Waals surface area contributed by atoms with Crippen LogP contribution in [0.3, 0.4) is 0 Å². The lowest BCUT2D eigenvalue weighted by molar-refractivity contribution is -0.132. The van der Waals surface area contributed by atoms with Gasteiger partial charge in [0, 0.05) is 26.2 Å². The second kappa shape index (κ2) is 10.1. The number of nitrogens with one attached hydrogen (secondary N) is 1. The van der Waals surface area contributed by atoms with Crippen LogP contribution in [0.5, 0.6) is 0 Å². The summed E-state index contributed by atoms with van der Waals surface area (Å²) in [5.41, 5.74) is 0.871. The second-order valence-corrected chi connectivity index (χ2v) is 11.7. The van der Waals surface area contributed by atoms with Gasteiger partial charge in [-0.15, -0.1) is 22.7 Å². The molecule has 4 rings (SSSR count). The first kappa shape index (κ1) is 24.1. The van der Waals surface area contributed by atoms with Gasteiger partial charge in [0.1, 0.15) is 0 Å². The number of aryl methyl sites for hydroxylation is 1. The molecule has 1 aliphatic rings. The molecule has 3 amide bonds. The molecule has 1 N–H and O–H groups in total. The Bertz CT molecular complexity index is 1260. The van der Waals surface area contributed by atoms with Crippen molar-refractivity contribution in [3.05, 3.63) is 74.6 Å². The molecule has 3 heterocycles. The predicted octanol–water partition coefficient (Wildman–Crippen LogP) is 2.63. The van der Waals surface area contributed by atoms with Gasteiger partial charge in [0.2, 0.25) is 15.2 Å². The van der Waals surface area contributed by atoms with E-state index < -0.39 is 27.0 Å². The monoisotopic (exact) mass is 517 g/mol. The van der Waals surface area contributed by atoms with Gasteiger partial charge in [-0.1, -0.05) is 29.8 Å². The minimum atomic E-state index is -4.22. The summed E-state index contributed by atoms with van der Waals surface area (Å²) in [6.07, 6.45) is 0. The number of carbonyl (C=O) groups is 3. The molecule has 0 saturated carbocycles. The lowest BCUT2D eigenvalue weighted by Crippen LogP contribution is -2.57. The Balaban J connectivity index is 1.55. The Hall–Kier alpha value is -3.02. The zero-order valence-corrected chi connectivity index (χ0v) is 20.8. The van der Waals surface area contributed by atoms with Crippen LogP contribution in [-0.4, -0.2) is 67.5 Å². The van der Waals surface area contributed by atoms with E-state index in [1.165, 1.54) is 28.4 Å². The molecule has 1 saturated heterocycles. The van der Waals surface area contributed by atoms with Crippen molar-refractivity contribution in [1.29, 1.82) is 0 Å². The molecule has 0 radical (unpaired) electrons. The Kier molecular flexibility index (Phi) is 7.15. The minimum Gasteiger partial charge on any atom is -0.336 e. The Morgan fingerprint density at radius 1 is 0.853 bits per heavy atom. The van der Waals surface area contributed by atoms with Crippen LogP contribution in [0.2, 0.25) is 0 Å². The van der Waals surface area contributed by atoms with Crippen LogP contribution in [0.1, 0.15) is 24.9 Å². The summed E-state index contributed by atoms with van der Waals surface area (Å²) in [4.78, 5) is 42.7. The van der Waals surface area contributed by atoms with Crippen LogP contribution in [-0.2, 0) is 14.6 Å². The van der Waals surface area contributed by atoms with Crippen LogP contribution < -0.4 is 5.32 Å². The van der Waals surface area contributed by atoms with Gasteiger partial charge in [-0.25, -0.2) is 8.42 Å². The first-order valence-corrected chi connectivity index (χ1v) is 13.8. The Morgan fingerprint density at radius 3 is 1.97 bits per heavy atom. The molecule has 0 spiro atoms. The summed E-state index contributed by atoms with van der Waals surface area (Å²) in [5, 5.41) is 4.19. The number of sulfone groups is 1. The average Bonchev–Trinajstić information content (AvgIpc) is 3.57. The SMILES string of the molecule is Cc1ccc(S(=O)(=O)C(NC(=O)c2cccs2)C(=O)N2CCN(C(=O)c3cccs3)CC2)cc1. The van der Waals surface area contributed by atoms with E-state index in [1.54, 1.807) is 46.7 Å². The standard InChI is InChI=1S/C23H23N3O5S3/c1-16-6-8-17(9-7-16)34(30,31)21(24-20(27)18-4-2-14-32-18)23(29)26-12-10-25(11-13-26)22(28)19-5-3-15-33-19/h2-9,14-15,21H,10-13H2,1H3,(H,24,27). The number of carbonyl (C=O) groups excluding carboxylic acids is 3. The van der Waals surface area contributed by atoms with Crippen molar-refractivity contribution in [2.45, 2.75) is 17.2 Å². The second-order valence-electron chi connectivity index (χ2n) is 7.78. The number of hydrogen-bond donors (Lipinski definition) is 1. The molecule has 2 aromatic heterocycles. The lowest BCUT2D eigenvalue weighted by atomic mass is 10.2. The molecule has 0 bridgehead atoms. The molecule has 1 unspecified atom stereocenters. The molecule has 34 heavy (non-hydrogen) atoms. The largest absolute Gasteiger partial charge is 0.336 e. The normalized spacial score (nSPS) is 15.1. The highest BCUT2D eigenvalue weighted by Gasteiger charge is 2.39. The quantitative estimate of drug-likeness (QED) is 0.541. The molecule has 0 aliphatic carbocycles. The van der Waals surface area contributed by atoms with Crippen molar-refractivity contribution in [1.82, 2.24) is 15.1 Å². The van der Waals surface area contributed by atoms with Crippen LogP contribution in [0.15, 0.2) is 64.2 Å². The van der Waals surface area contributed by atoms with E-state index in [2.05, 4.69) is 5.32 Å². The fourth-order valence-corrected chi connectivity index (χ4v) is 6.37. The van der Waals surface area contributed by atoms with Crippen molar-refractivity contribution >= 4 is 50.2 Å². The van der Waals surface area contributed by atoms with Gasteiger partial charge in [0.15, 0.2) is 0 Å². The van der Waals surface area contributed by atoms with Gasteiger partial charge in [-0.3, -0.25) is 14.4 Å². The lowest BCUT2D eigenvalue weighted by Gasteiger charge is -2.36. The molecule has 1 fully saturated rings. The van der Waals surface area contributed by atoms with Crippen LogP contribution in [0.4, 0.5) is 0 Å². The number of rotatable bonds is 6. The summed E-state index contributed by atoms with van der Waals surface area (Å²) in [6.45, 7) is 2.72. The van der Waals surface area contributed by atoms with E-state index in [-0.39, 0.29) is 37.0 Å². The third kappa shape index (κ3) is 5.06. The van der Waals surface area contributed by atoms with Gasteiger partial charge in [-0.2, -0.15) is 0 Å². The van der Waals surface area contributed by atoms with E-state index in [4.69, 9.17) is 0 Å². The Labute approximate surface area is 205 Å². The van der Waals surface area contributed by atoms with Gasteiger partial charge >= 0.3 is 0 Å². The maximum absolute atomic E-state index is 13.4. The topological polar surface area (TPSA) is 104 Å². The summed E-state index contributed by atoms with van der Waals surface area (Å²) in [6, 6.07) is 12.9. The highest BCUT2D eigenvalue weighted by Crippen LogP contribution is 2.20. The summed E-state index contributed by atoms with van der Waals surface area (Å²) in [7, 11) is -4.22. The number of thiophene rings is 2. The maximum atomic E-state index is 13.4. The molecule has 1 atom stereocenters. The maximum Gasteiger partial charge on any atom is 0.264 e. The molecule has 1 aromatic carbocycles. The van der Waals surface area contributed by atoms with Crippen molar-refractivity contribution in [2.24, 2.45) is 0 Å². The molecule has 3 aromatic rings. The van der Waals surface area contributed by atoms with Gasteiger partial charge in [0.25, 0.3) is 17.7 Å². The average molecular weight is 518 g/mol. The Morgan fingerprint density at radius 2 is 1.41 bits per heavy atom. The predicted molar refractivity (Wildman–Crippen MR) is 131 cm³/mol. The first-order chi connectivity index (χ1) is 16.3. The number of benzene rings is 1. The highest BCUT2D eigenvalue weighted by atomic mass is 32.2. The van der Waals surface area contributed by atoms with Crippen molar-refractivity contribution < 1.29 is 22.8 Å². The molecular weight excluding hydrogens is 494 g/mol. The third-order valence-electron chi connectivity index (χ3n) is 5.50. The van der Waals surface area contributed by atoms with E-state index in [9.17, 15) is 22.8 Å². The van der Waals surface area contributed by atoms with Crippen LogP contribution in [0.25, 0.3) is 0 Å². The number of hydrogen-bond acceptors (Lipinski definition) is 7.